The summed E-state index contributed by atoms with van der Waals surface area (Å²) < 4.78 is 29.6. The van der Waals surface area contributed by atoms with Crippen LogP contribution in [0, 0.1) is 0 Å². The summed E-state index contributed by atoms with van der Waals surface area (Å²) in [5, 5.41) is 5.70. The Balaban J connectivity index is 0.00000407. The number of ether oxygens (including phenoxy) is 1. The van der Waals surface area contributed by atoms with E-state index in [0.717, 1.165) is 6.42 Å². The number of amides is 1. The van der Waals surface area contributed by atoms with Crippen molar-refractivity contribution in [3.63, 3.8) is 0 Å². The van der Waals surface area contributed by atoms with Gasteiger partial charge in [-0.2, -0.15) is 0 Å². The maximum Gasteiger partial charge on any atom is 0.246 e. The Hall–Kier alpha value is -1.58. The van der Waals surface area contributed by atoms with Crippen LogP contribution in [0.2, 0.25) is 0 Å². The van der Waals surface area contributed by atoms with Crippen molar-refractivity contribution in [2.75, 3.05) is 19.5 Å². The fraction of sp³-hybridized carbons (Fsp3) is 0.619. The van der Waals surface area contributed by atoms with E-state index in [1.807, 2.05) is 33.1 Å². The Morgan fingerprint density at radius 1 is 1.27 bits per heavy atom. The van der Waals surface area contributed by atoms with Crippen molar-refractivity contribution in [1.29, 1.82) is 0 Å². The number of hydrogen-bond acceptors (Lipinski definition) is 7. The molecule has 0 atom stereocenters. The Bertz CT molecular complexity index is 750. The molecule has 1 rings (SSSR count). The predicted molar refractivity (Wildman–Crippen MR) is 128 cm³/mol. The number of aliphatic imine (C=N–C) groups is 1. The number of nitrogens with zero attached hydrogens (tertiary/aromatic N) is 1. The van der Waals surface area contributed by atoms with Crippen LogP contribution in [0.3, 0.4) is 0 Å². The molecule has 0 aliphatic carbocycles. The quantitative estimate of drug-likeness (QED) is 0.402. The zero-order chi connectivity index (χ0) is 23.4. The minimum absolute atomic E-state index is 0.186. The molecule has 1 aliphatic heterocycles. The van der Waals surface area contributed by atoms with Crippen molar-refractivity contribution in [3.8, 4) is 0 Å². The summed E-state index contributed by atoms with van der Waals surface area (Å²) in [6.45, 7) is 17.0. The van der Waals surface area contributed by atoms with E-state index in [2.05, 4.69) is 28.8 Å². The molecule has 1 saturated heterocycles. The molecule has 0 unspecified atom stereocenters. The first-order chi connectivity index (χ1) is 14.1. The van der Waals surface area contributed by atoms with Gasteiger partial charge in [-0.25, -0.2) is 13.4 Å². The summed E-state index contributed by atoms with van der Waals surface area (Å²) in [5.74, 6) is -0.440. The predicted octanol–water partition coefficient (Wildman–Crippen LogP) is 3.76. The third-order valence-corrected chi connectivity index (χ3v) is 8.12. The smallest absolute Gasteiger partial charge is 0.246 e. The normalized spacial score (nSPS) is 16.2. The van der Waals surface area contributed by atoms with E-state index in [1.165, 1.54) is 31.8 Å². The lowest BCUT2D eigenvalue weighted by Crippen LogP contribution is -2.53. The molecule has 1 amide bonds. The summed E-state index contributed by atoms with van der Waals surface area (Å²) >= 11 is 1.42. The van der Waals surface area contributed by atoms with Crippen molar-refractivity contribution in [2.24, 2.45) is 4.99 Å². The lowest BCUT2D eigenvalue weighted by Gasteiger charge is -2.31. The second kappa shape index (κ2) is 13.7. The molecular weight excluding hydrogens is 422 g/mol. The Morgan fingerprint density at radius 3 is 2.30 bits per heavy atom. The molecule has 0 radical (unpaired) electrons. The van der Waals surface area contributed by atoms with E-state index in [9.17, 15) is 13.2 Å². The fourth-order valence-electron chi connectivity index (χ4n) is 2.72. The van der Waals surface area contributed by atoms with E-state index in [0.29, 0.717) is 36.8 Å². The van der Waals surface area contributed by atoms with Gasteiger partial charge >= 0.3 is 0 Å². The molecule has 0 aromatic carbocycles. The second-order valence-corrected chi connectivity index (χ2v) is 10.3. The van der Waals surface area contributed by atoms with Crippen LogP contribution in [0.1, 0.15) is 53.9 Å². The summed E-state index contributed by atoms with van der Waals surface area (Å²) in [4.78, 5) is 17.0. The molecular formula is C21H37N3O4S2. The van der Waals surface area contributed by atoms with E-state index in [-0.39, 0.29) is 5.82 Å². The van der Waals surface area contributed by atoms with Gasteiger partial charge in [-0.05, 0) is 39.4 Å². The number of hydrogen-bond donors (Lipinski definition) is 2. The first-order valence-corrected chi connectivity index (χ1v) is 12.9. The third kappa shape index (κ3) is 7.59. The molecule has 9 heteroatoms. The number of thioether (sulfide) groups is 1. The molecule has 172 valence electrons. The molecule has 1 aliphatic rings. The van der Waals surface area contributed by atoms with Crippen molar-refractivity contribution in [1.82, 2.24) is 10.6 Å². The zero-order valence-corrected chi connectivity index (χ0v) is 20.7. The number of nitrogens with one attached hydrogen (secondary N) is 2. The number of allylic oxidation sites excluding steroid dienone is 1. The van der Waals surface area contributed by atoms with Gasteiger partial charge in [-0.1, -0.05) is 40.0 Å². The summed E-state index contributed by atoms with van der Waals surface area (Å²) in [6, 6.07) is 0. The minimum Gasteiger partial charge on any atom is -0.381 e. The van der Waals surface area contributed by atoms with Gasteiger partial charge < -0.3 is 15.4 Å². The van der Waals surface area contributed by atoms with Crippen LogP contribution >= 0.6 is 11.8 Å². The number of rotatable bonds is 9. The molecule has 30 heavy (non-hydrogen) atoms. The largest absolute Gasteiger partial charge is 0.381 e. The van der Waals surface area contributed by atoms with Gasteiger partial charge in [0, 0.05) is 19.4 Å². The molecule has 0 aromatic rings. The van der Waals surface area contributed by atoms with Crippen LogP contribution in [0.15, 0.2) is 41.9 Å². The topological polar surface area (TPSA) is 96.9 Å². The number of sulfone groups is 1. The number of carbonyl (C=O) groups is 1. The van der Waals surface area contributed by atoms with E-state index in [4.69, 9.17) is 4.74 Å². The monoisotopic (exact) mass is 459 g/mol. The van der Waals surface area contributed by atoms with Gasteiger partial charge in [0.1, 0.15) is 15.6 Å². The maximum atomic E-state index is 13.0. The molecule has 1 heterocycles. The zero-order valence-electron chi connectivity index (χ0n) is 19.1. The highest BCUT2D eigenvalue weighted by Crippen LogP contribution is 2.28. The van der Waals surface area contributed by atoms with Crippen molar-refractivity contribution in [2.45, 2.75) is 63.9 Å². The van der Waals surface area contributed by atoms with E-state index < -0.39 is 25.7 Å². The van der Waals surface area contributed by atoms with Crippen molar-refractivity contribution >= 4 is 32.6 Å². The third-order valence-electron chi connectivity index (χ3n) is 4.46. The van der Waals surface area contributed by atoms with Gasteiger partial charge in [-0.15, -0.1) is 11.8 Å². The van der Waals surface area contributed by atoms with Crippen LogP contribution < -0.4 is 10.6 Å². The first-order valence-electron chi connectivity index (χ1n) is 10.1. The lowest BCUT2D eigenvalue weighted by atomic mass is 10.2. The standard InChI is InChI=1S/C19H31N3O4S2.C2H6/c1-7-9-16(17(27-6)20-8-2)21-14(3)22-18(23)19(4,5)28(24,25)15-10-12-26-13-11-15;1-2/h8-9,15,21H,2-3,7,10-13H2,1,4-6H3,(H,22,23);1-2H3/b16-9+,20-17?;. The Labute approximate surface area is 186 Å². The van der Waals surface area contributed by atoms with Gasteiger partial charge in [0.05, 0.1) is 10.9 Å². The van der Waals surface area contributed by atoms with Gasteiger partial charge in [0.25, 0.3) is 0 Å². The van der Waals surface area contributed by atoms with Crippen LogP contribution in [-0.4, -0.2) is 48.8 Å². The highest BCUT2D eigenvalue weighted by atomic mass is 32.2. The summed E-state index contributed by atoms with van der Waals surface area (Å²) in [6.07, 6.45) is 6.75. The molecule has 1 fully saturated rings. The molecule has 0 bridgehead atoms. The van der Waals surface area contributed by atoms with E-state index >= 15 is 0 Å². The molecule has 0 aromatic heterocycles. The van der Waals surface area contributed by atoms with Crippen LogP contribution in [-0.2, 0) is 19.4 Å². The van der Waals surface area contributed by atoms with Crippen LogP contribution in [0.4, 0.5) is 0 Å². The van der Waals surface area contributed by atoms with Crippen molar-refractivity contribution in [3.05, 3.63) is 37.0 Å². The fourth-order valence-corrected chi connectivity index (χ4v) is 5.21. The van der Waals surface area contributed by atoms with E-state index in [1.54, 1.807) is 0 Å². The minimum atomic E-state index is -3.69. The highest BCUT2D eigenvalue weighted by molar-refractivity contribution is 8.13. The molecule has 0 saturated carbocycles. The van der Waals surface area contributed by atoms with Crippen molar-refractivity contribution < 1.29 is 17.9 Å². The van der Waals surface area contributed by atoms with Crippen LogP contribution in [0.25, 0.3) is 0 Å². The van der Waals surface area contributed by atoms with Gasteiger partial charge in [0.15, 0.2) is 9.84 Å². The summed E-state index contributed by atoms with van der Waals surface area (Å²) in [7, 11) is -3.69. The lowest BCUT2D eigenvalue weighted by molar-refractivity contribution is -0.122. The van der Waals surface area contributed by atoms with Gasteiger partial charge in [0.2, 0.25) is 5.91 Å². The second-order valence-electron chi connectivity index (χ2n) is 6.77. The molecule has 7 nitrogen and oxygen atoms in total. The average molecular weight is 460 g/mol. The van der Waals surface area contributed by atoms with Crippen LogP contribution in [0.5, 0.6) is 0 Å². The number of carbonyl (C=O) groups excluding carboxylic acids is 1. The summed E-state index contributed by atoms with van der Waals surface area (Å²) in [5.41, 5.74) is 0.672. The SMILES string of the molecule is C=CN=C(SC)/C(=C\CC)NC(=C)NC(=O)C(C)(C)S(=O)(=O)C1CCOCC1.CC. The molecule has 2 N–H and O–H groups in total. The van der Waals surface area contributed by atoms with Gasteiger partial charge in [-0.3, -0.25) is 4.79 Å². The maximum absolute atomic E-state index is 13.0. The molecule has 0 spiro atoms. The first kappa shape index (κ1) is 28.4. The highest BCUT2D eigenvalue weighted by Gasteiger charge is 2.46. The Morgan fingerprint density at radius 2 is 1.83 bits per heavy atom. The average Bonchev–Trinajstić information content (AvgIpc) is 2.73. The Kier molecular flexibility index (Phi) is 12.9.